The van der Waals surface area contributed by atoms with Crippen LogP contribution >= 0.6 is 11.6 Å². The molecule has 1 aliphatic rings. The van der Waals surface area contributed by atoms with Gasteiger partial charge in [0.1, 0.15) is 5.75 Å². The Balaban J connectivity index is 1.98. The number of ether oxygens (including phenoxy) is 2. The van der Waals surface area contributed by atoms with Crippen LogP contribution < -0.4 is 9.46 Å². The molecule has 10 heteroatoms. The van der Waals surface area contributed by atoms with Gasteiger partial charge in [0.15, 0.2) is 0 Å². The molecule has 0 radical (unpaired) electrons. The van der Waals surface area contributed by atoms with Crippen LogP contribution in [0.15, 0.2) is 23.1 Å². The molecule has 0 spiro atoms. The van der Waals surface area contributed by atoms with Gasteiger partial charge in [-0.3, -0.25) is 9.59 Å². The number of likely N-dealkylation sites (tertiary alicyclic amines) is 1. The van der Waals surface area contributed by atoms with E-state index >= 15 is 0 Å². The summed E-state index contributed by atoms with van der Waals surface area (Å²) in [6.45, 7) is 6.53. The molecule has 2 rings (SSSR count). The van der Waals surface area contributed by atoms with Gasteiger partial charge in [-0.15, -0.1) is 0 Å². The van der Waals surface area contributed by atoms with Crippen molar-refractivity contribution in [2.75, 3.05) is 26.3 Å². The minimum absolute atomic E-state index is 0.0494. The van der Waals surface area contributed by atoms with Crippen molar-refractivity contribution in [1.29, 1.82) is 0 Å². The Morgan fingerprint density at radius 3 is 2.45 bits per heavy atom. The summed E-state index contributed by atoms with van der Waals surface area (Å²) in [6.07, 6.45) is 0.997. The molecule has 1 aromatic rings. The van der Waals surface area contributed by atoms with E-state index in [9.17, 15) is 18.0 Å². The van der Waals surface area contributed by atoms with Crippen LogP contribution in [0, 0.1) is 5.92 Å². The molecule has 1 aromatic carbocycles. The van der Waals surface area contributed by atoms with Crippen LogP contribution in [0.3, 0.4) is 0 Å². The monoisotopic (exact) mass is 446 g/mol. The lowest BCUT2D eigenvalue weighted by Gasteiger charge is -2.32. The normalized spacial score (nSPS) is 16.3. The maximum Gasteiger partial charge on any atom is 0.309 e. The number of rotatable bonds is 8. The standard InChI is InChI=1S/C19H27ClN2O6S/c1-4-27-17-7-6-15(12-16(17)20)29(25,26)21-13(3)18(23)22-10-8-14(9-11-22)19(24)28-5-2/h6-7,12-14,21H,4-5,8-11H2,1-3H3/t13-/m0/s1. The molecule has 0 unspecified atom stereocenters. The van der Waals surface area contributed by atoms with Crippen molar-refractivity contribution in [2.45, 2.75) is 44.6 Å². The minimum atomic E-state index is -3.94. The van der Waals surface area contributed by atoms with Crippen LogP contribution in [0.1, 0.15) is 33.6 Å². The van der Waals surface area contributed by atoms with E-state index in [4.69, 9.17) is 21.1 Å². The zero-order valence-electron chi connectivity index (χ0n) is 16.8. The first kappa shape index (κ1) is 23.4. The molecule has 8 nitrogen and oxygen atoms in total. The number of hydrogen-bond donors (Lipinski definition) is 1. The summed E-state index contributed by atoms with van der Waals surface area (Å²) in [5.74, 6) is -0.424. The number of halogens is 1. The van der Waals surface area contributed by atoms with Gasteiger partial charge in [-0.25, -0.2) is 8.42 Å². The summed E-state index contributed by atoms with van der Waals surface area (Å²) in [6, 6.07) is 3.19. The quantitative estimate of drug-likeness (QED) is 0.614. The van der Waals surface area contributed by atoms with Crippen molar-refractivity contribution in [3.8, 4) is 5.75 Å². The van der Waals surface area contributed by atoms with Crippen molar-refractivity contribution < 1.29 is 27.5 Å². The van der Waals surface area contributed by atoms with Gasteiger partial charge in [-0.1, -0.05) is 11.6 Å². The maximum atomic E-state index is 12.7. The molecule has 1 fully saturated rings. The van der Waals surface area contributed by atoms with Gasteiger partial charge in [0.25, 0.3) is 0 Å². The Hall–Kier alpha value is -1.84. The molecule has 29 heavy (non-hydrogen) atoms. The number of sulfonamides is 1. The van der Waals surface area contributed by atoms with Crippen molar-refractivity contribution in [1.82, 2.24) is 9.62 Å². The third-order valence-electron chi connectivity index (χ3n) is 4.64. The van der Waals surface area contributed by atoms with E-state index in [1.165, 1.54) is 25.1 Å². The van der Waals surface area contributed by atoms with Gasteiger partial charge >= 0.3 is 5.97 Å². The van der Waals surface area contributed by atoms with Crippen molar-refractivity contribution >= 4 is 33.5 Å². The van der Waals surface area contributed by atoms with E-state index in [1.807, 2.05) is 0 Å². The lowest BCUT2D eigenvalue weighted by Crippen LogP contribution is -2.49. The number of benzene rings is 1. The van der Waals surface area contributed by atoms with Gasteiger partial charge in [-0.05, 0) is 51.8 Å². The molecule has 1 saturated heterocycles. The summed E-state index contributed by atoms with van der Waals surface area (Å²) in [7, 11) is -3.94. The molecule has 162 valence electrons. The van der Waals surface area contributed by atoms with E-state index in [0.29, 0.717) is 44.9 Å². The Morgan fingerprint density at radius 1 is 1.24 bits per heavy atom. The Morgan fingerprint density at radius 2 is 1.90 bits per heavy atom. The molecular formula is C19H27ClN2O6S. The second-order valence-corrected chi connectivity index (χ2v) is 8.84. The minimum Gasteiger partial charge on any atom is -0.492 e. The van der Waals surface area contributed by atoms with Gasteiger partial charge in [0.05, 0.1) is 35.1 Å². The predicted octanol–water partition coefficient (Wildman–Crippen LogP) is 2.21. The summed E-state index contributed by atoms with van der Waals surface area (Å²) in [5, 5.41) is 0.176. The molecule has 0 aromatic heterocycles. The molecule has 0 saturated carbocycles. The molecule has 1 heterocycles. The molecule has 1 N–H and O–H groups in total. The summed E-state index contributed by atoms with van der Waals surface area (Å²) in [4.78, 5) is 26.0. The first-order valence-corrected chi connectivity index (χ1v) is 11.5. The zero-order chi connectivity index (χ0) is 21.6. The number of carbonyl (C=O) groups is 2. The molecule has 0 bridgehead atoms. The number of piperidine rings is 1. The van der Waals surface area contributed by atoms with Crippen molar-refractivity contribution in [3.05, 3.63) is 23.2 Å². The van der Waals surface area contributed by atoms with Crippen LogP contribution in [-0.4, -0.2) is 57.5 Å². The lowest BCUT2D eigenvalue weighted by molar-refractivity contribution is -0.151. The fraction of sp³-hybridized carbons (Fsp3) is 0.579. The van der Waals surface area contributed by atoms with Crippen LogP contribution in [-0.2, 0) is 24.3 Å². The van der Waals surface area contributed by atoms with E-state index in [1.54, 1.807) is 18.7 Å². The number of carbonyl (C=O) groups excluding carboxylic acids is 2. The van der Waals surface area contributed by atoms with Crippen molar-refractivity contribution in [2.24, 2.45) is 5.92 Å². The van der Waals surface area contributed by atoms with Crippen LogP contribution in [0.2, 0.25) is 5.02 Å². The van der Waals surface area contributed by atoms with E-state index in [-0.39, 0.29) is 27.7 Å². The van der Waals surface area contributed by atoms with Gasteiger partial charge in [0.2, 0.25) is 15.9 Å². The zero-order valence-corrected chi connectivity index (χ0v) is 18.4. The summed E-state index contributed by atoms with van der Waals surface area (Å²) in [5.41, 5.74) is 0. The molecule has 1 aliphatic heterocycles. The summed E-state index contributed by atoms with van der Waals surface area (Å²) >= 11 is 6.07. The molecule has 0 aliphatic carbocycles. The third kappa shape index (κ3) is 6.07. The first-order chi connectivity index (χ1) is 13.7. The highest BCUT2D eigenvalue weighted by Crippen LogP contribution is 2.27. The smallest absolute Gasteiger partial charge is 0.309 e. The predicted molar refractivity (Wildman–Crippen MR) is 108 cm³/mol. The number of amides is 1. The fourth-order valence-corrected chi connectivity index (χ4v) is 4.66. The highest BCUT2D eigenvalue weighted by Gasteiger charge is 2.31. The highest BCUT2D eigenvalue weighted by molar-refractivity contribution is 7.89. The van der Waals surface area contributed by atoms with Crippen molar-refractivity contribution in [3.63, 3.8) is 0 Å². The van der Waals surface area contributed by atoms with Gasteiger partial charge < -0.3 is 14.4 Å². The van der Waals surface area contributed by atoms with Crippen LogP contribution in [0.4, 0.5) is 0 Å². The molecular weight excluding hydrogens is 420 g/mol. The molecule has 1 atom stereocenters. The second-order valence-electron chi connectivity index (χ2n) is 6.72. The summed E-state index contributed by atoms with van der Waals surface area (Å²) < 4.78 is 38.0. The van der Waals surface area contributed by atoms with Crippen LogP contribution in [0.25, 0.3) is 0 Å². The van der Waals surface area contributed by atoms with Crippen LogP contribution in [0.5, 0.6) is 5.75 Å². The fourth-order valence-electron chi connectivity index (χ4n) is 3.14. The number of esters is 1. The SMILES string of the molecule is CCOC(=O)C1CCN(C(=O)[C@H](C)NS(=O)(=O)c2ccc(OCC)c(Cl)c2)CC1. The average molecular weight is 447 g/mol. The highest BCUT2D eigenvalue weighted by atomic mass is 35.5. The third-order valence-corrected chi connectivity index (χ3v) is 6.48. The van der Waals surface area contributed by atoms with Gasteiger partial charge in [-0.2, -0.15) is 4.72 Å². The first-order valence-electron chi connectivity index (χ1n) is 9.59. The number of nitrogens with zero attached hydrogens (tertiary/aromatic N) is 1. The maximum absolute atomic E-state index is 12.7. The van der Waals surface area contributed by atoms with E-state index in [2.05, 4.69) is 4.72 Å². The number of hydrogen-bond acceptors (Lipinski definition) is 6. The van der Waals surface area contributed by atoms with E-state index < -0.39 is 16.1 Å². The Labute approximate surface area is 176 Å². The Kier molecular flexibility index (Phi) is 8.30. The average Bonchev–Trinajstić information content (AvgIpc) is 2.69. The lowest BCUT2D eigenvalue weighted by atomic mass is 9.96. The largest absolute Gasteiger partial charge is 0.492 e. The second kappa shape index (κ2) is 10.3. The topological polar surface area (TPSA) is 102 Å². The molecule has 1 amide bonds. The van der Waals surface area contributed by atoms with E-state index in [0.717, 1.165) is 0 Å². The number of nitrogens with one attached hydrogen (secondary N) is 1. The Bertz CT molecular complexity index is 837. The van der Waals surface area contributed by atoms with Gasteiger partial charge in [0, 0.05) is 13.1 Å².